The highest BCUT2D eigenvalue weighted by Gasteiger charge is 2.21. The first kappa shape index (κ1) is 14.5. The lowest BCUT2D eigenvalue weighted by Crippen LogP contribution is -2.24. The maximum atomic E-state index is 11.8. The van der Waals surface area contributed by atoms with Crippen LogP contribution in [0.15, 0.2) is 24.3 Å². The number of anilines is 2. The molecule has 0 radical (unpaired) electrons. The van der Waals surface area contributed by atoms with Gasteiger partial charge in [-0.3, -0.25) is 9.59 Å². The summed E-state index contributed by atoms with van der Waals surface area (Å²) < 4.78 is 0. The molecule has 1 aliphatic heterocycles. The third-order valence-electron chi connectivity index (χ3n) is 3.29. The standard InChI is InChI=1S/C15H21N3O2/c1-2-16-9-8-14(19)17-12-5-3-6-13(11-12)18-10-4-7-15(18)20/h3,5-6,11,16H,2,4,7-10H2,1H3,(H,17,19). The van der Waals surface area contributed by atoms with Gasteiger partial charge in [-0.25, -0.2) is 0 Å². The van der Waals surface area contributed by atoms with Crippen molar-refractivity contribution < 1.29 is 9.59 Å². The van der Waals surface area contributed by atoms with Gasteiger partial charge in [-0.05, 0) is 31.2 Å². The average molecular weight is 275 g/mol. The lowest BCUT2D eigenvalue weighted by atomic mass is 10.2. The summed E-state index contributed by atoms with van der Waals surface area (Å²) in [6.45, 7) is 4.30. The Hall–Kier alpha value is -1.88. The molecule has 0 aromatic heterocycles. The van der Waals surface area contributed by atoms with Gasteiger partial charge in [0.1, 0.15) is 0 Å². The maximum absolute atomic E-state index is 11.8. The molecular formula is C15H21N3O2. The summed E-state index contributed by atoms with van der Waals surface area (Å²) >= 11 is 0. The minimum absolute atomic E-state index is 0.0177. The lowest BCUT2D eigenvalue weighted by molar-refractivity contribution is -0.117. The first-order chi connectivity index (χ1) is 9.70. The van der Waals surface area contributed by atoms with Crippen LogP contribution in [0.2, 0.25) is 0 Å². The van der Waals surface area contributed by atoms with Gasteiger partial charge in [0.15, 0.2) is 0 Å². The fourth-order valence-electron chi connectivity index (χ4n) is 2.27. The predicted molar refractivity (Wildman–Crippen MR) is 79.8 cm³/mol. The molecule has 0 atom stereocenters. The largest absolute Gasteiger partial charge is 0.326 e. The van der Waals surface area contributed by atoms with Crippen LogP contribution in [0.4, 0.5) is 11.4 Å². The van der Waals surface area contributed by atoms with Crippen LogP contribution < -0.4 is 15.5 Å². The molecule has 0 aliphatic carbocycles. The zero-order valence-corrected chi connectivity index (χ0v) is 11.8. The van der Waals surface area contributed by atoms with E-state index >= 15 is 0 Å². The van der Waals surface area contributed by atoms with Crippen LogP contribution >= 0.6 is 0 Å². The van der Waals surface area contributed by atoms with Crippen molar-refractivity contribution in [1.29, 1.82) is 0 Å². The molecule has 2 N–H and O–H groups in total. The van der Waals surface area contributed by atoms with Crippen LogP contribution in [0.5, 0.6) is 0 Å². The van der Waals surface area contributed by atoms with Gasteiger partial charge >= 0.3 is 0 Å². The van der Waals surface area contributed by atoms with E-state index in [-0.39, 0.29) is 11.8 Å². The Labute approximate surface area is 119 Å². The van der Waals surface area contributed by atoms with E-state index in [1.807, 2.05) is 31.2 Å². The highest BCUT2D eigenvalue weighted by atomic mass is 16.2. The molecule has 1 saturated heterocycles. The zero-order chi connectivity index (χ0) is 14.4. The number of benzene rings is 1. The molecule has 108 valence electrons. The highest BCUT2D eigenvalue weighted by Crippen LogP contribution is 2.24. The summed E-state index contributed by atoms with van der Waals surface area (Å²) in [5.41, 5.74) is 1.60. The van der Waals surface area contributed by atoms with Crippen LogP contribution in [0, 0.1) is 0 Å². The lowest BCUT2D eigenvalue weighted by Gasteiger charge is -2.16. The average Bonchev–Trinajstić information content (AvgIpc) is 2.85. The molecule has 0 unspecified atom stereocenters. The van der Waals surface area contributed by atoms with E-state index in [2.05, 4.69) is 10.6 Å². The van der Waals surface area contributed by atoms with Gasteiger partial charge in [-0.2, -0.15) is 0 Å². The van der Waals surface area contributed by atoms with Gasteiger partial charge in [0.2, 0.25) is 11.8 Å². The molecule has 1 fully saturated rings. The van der Waals surface area contributed by atoms with Gasteiger partial charge in [0, 0.05) is 37.3 Å². The van der Waals surface area contributed by atoms with Crippen molar-refractivity contribution in [3.63, 3.8) is 0 Å². The van der Waals surface area contributed by atoms with Crippen molar-refractivity contribution in [3.05, 3.63) is 24.3 Å². The van der Waals surface area contributed by atoms with Crippen molar-refractivity contribution in [2.45, 2.75) is 26.2 Å². The fraction of sp³-hybridized carbons (Fsp3) is 0.467. The first-order valence-electron chi connectivity index (χ1n) is 7.11. The van der Waals surface area contributed by atoms with E-state index in [1.165, 1.54) is 0 Å². The number of hydrogen-bond acceptors (Lipinski definition) is 3. The molecule has 1 aliphatic rings. The second kappa shape index (κ2) is 7.05. The summed E-state index contributed by atoms with van der Waals surface area (Å²) in [4.78, 5) is 25.2. The molecule has 5 nitrogen and oxygen atoms in total. The molecule has 1 aromatic rings. The minimum atomic E-state index is -0.0177. The molecule has 2 amide bonds. The van der Waals surface area contributed by atoms with E-state index in [1.54, 1.807) is 4.90 Å². The van der Waals surface area contributed by atoms with Gasteiger partial charge in [0.25, 0.3) is 0 Å². The number of carbonyl (C=O) groups excluding carboxylic acids is 2. The number of nitrogens with one attached hydrogen (secondary N) is 2. The molecule has 0 bridgehead atoms. The molecular weight excluding hydrogens is 254 g/mol. The number of carbonyl (C=O) groups is 2. The van der Waals surface area contributed by atoms with Crippen molar-refractivity contribution in [1.82, 2.24) is 5.32 Å². The van der Waals surface area contributed by atoms with Gasteiger partial charge in [-0.1, -0.05) is 13.0 Å². The SMILES string of the molecule is CCNCCC(=O)Nc1cccc(N2CCCC2=O)c1. The van der Waals surface area contributed by atoms with Crippen LogP contribution in [-0.2, 0) is 9.59 Å². The smallest absolute Gasteiger partial charge is 0.227 e. The third kappa shape index (κ3) is 3.81. The predicted octanol–water partition coefficient (Wildman–Crippen LogP) is 1.75. The third-order valence-corrected chi connectivity index (χ3v) is 3.29. The number of nitrogens with zero attached hydrogens (tertiary/aromatic N) is 1. The summed E-state index contributed by atoms with van der Waals surface area (Å²) in [6, 6.07) is 7.46. The van der Waals surface area contributed by atoms with Crippen molar-refractivity contribution in [2.24, 2.45) is 0 Å². The van der Waals surface area contributed by atoms with E-state index < -0.39 is 0 Å². The Balaban J connectivity index is 1.95. The maximum Gasteiger partial charge on any atom is 0.227 e. The number of amides is 2. The van der Waals surface area contributed by atoms with Crippen molar-refractivity contribution in [2.75, 3.05) is 29.9 Å². The Morgan fingerprint density at radius 3 is 2.95 bits per heavy atom. The quantitative estimate of drug-likeness (QED) is 0.778. The minimum Gasteiger partial charge on any atom is -0.326 e. The molecule has 0 saturated carbocycles. The van der Waals surface area contributed by atoms with Gasteiger partial charge in [-0.15, -0.1) is 0 Å². The fourth-order valence-corrected chi connectivity index (χ4v) is 2.27. The van der Waals surface area contributed by atoms with E-state index in [0.29, 0.717) is 19.4 Å². The van der Waals surface area contributed by atoms with Gasteiger partial charge < -0.3 is 15.5 Å². The van der Waals surface area contributed by atoms with Crippen LogP contribution in [0.1, 0.15) is 26.2 Å². The number of hydrogen-bond donors (Lipinski definition) is 2. The van der Waals surface area contributed by atoms with E-state index in [0.717, 1.165) is 30.9 Å². The Bertz CT molecular complexity index is 488. The van der Waals surface area contributed by atoms with Crippen LogP contribution in [0.25, 0.3) is 0 Å². The van der Waals surface area contributed by atoms with Gasteiger partial charge in [0.05, 0.1) is 0 Å². The molecule has 0 spiro atoms. The highest BCUT2D eigenvalue weighted by molar-refractivity contribution is 5.97. The Morgan fingerprint density at radius 1 is 1.40 bits per heavy atom. The zero-order valence-electron chi connectivity index (χ0n) is 11.8. The molecule has 20 heavy (non-hydrogen) atoms. The molecule has 5 heteroatoms. The van der Waals surface area contributed by atoms with Crippen LogP contribution in [-0.4, -0.2) is 31.4 Å². The topological polar surface area (TPSA) is 61.4 Å². The summed E-state index contributed by atoms with van der Waals surface area (Å²) in [5.74, 6) is 0.136. The molecule has 1 heterocycles. The van der Waals surface area contributed by atoms with E-state index in [9.17, 15) is 9.59 Å². The second-order valence-electron chi connectivity index (χ2n) is 4.85. The summed E-state index contributed by atoms with van der Waals surface area (Å²) in [5, 5.41) is 5.98. The monoisotopic (exact) mass is 275 g/mol. The first-order valence-corrected chi connectivity index (χ1v) is 7.11. The Kier molecular flexibility index (Phi) is 5.12. The van der Waals surface area contributed by atoms with Crippen molar-refractivity contribution >= 4 is 23.2 Å². The second-order valence-corrected chi connectivity index (χ2v) is 4.85. The number of rotatable bonds is 6. The molecule has 2 rings (SSSR count). The Morgan fingerprint density at radius 2 is 2.25 bits per heavy atom. The summed E-state index contributed by atoms with van der Waals surface area (Å²) in [6.07, 6.45) is 1.96. The van der Waals surface area contributed by atoms with E-state index in [4.69, 9.17) is 0 Å². The van der Waals surface area contributed by atoms with Crippen molar-refractivity contribution in [3.8, 4) is 0 Å². The molecule has 1 aromatic carbocycles. The summed E-state index contributed by atoms with van der Waals surface area (Å²) in [7, 11) is 0. The normalized spacial score (nSPS) is 14.7. The van der Waals surface area contributed by atoms with Crippen LogP contribution in [0.3, 0.4) is 0 Å².